The van der Waals surface area contributed by atoms with E-state index in [9.17, 15) is 4.79 Å². The maximum Gasteiger partial charge on any atom is 0.238 e. The van der Waals surface area contributed by atoms with Crippen molar-refractivity contribution in [2.24, 2.45) is 5.92 Å². The van der Waals surface area contributed by atoms with Crippen LogP contribution in [0.5, 0.6) is 0 Å². The van der Waals surface area contributed by atoms with Gasteiger partial charge in [-0.25, -0.2) is 0 Å². The first kappa shape index (κ1) is 14.2. The number of halogens is 1. The second-order valence-electron chi connectivity index (χ2n) is 5.18. The van der Waals surface area contributed by atoms with Crippen molar-refractivity contribution in [3.8, 4) is 0 Å². The molecule has 104 valence electrons. The molecule has 0 aliphatic heterocycles. The highest BCUT2D eigenvalue weighted by Crippen LogP contribution is 2.28. The van der Waals surface area contributed by atoms with E-state index >= 15 is 0 Å². The number of rotatable bonds is 6. The van der Waals surface area contributed by atoms with E-state index < -0.39 is 0 Å². The molecule has 1 aliphatic carbocycles. The zero-order chi connectivity index (χ0) is 13.8. The van der Waals surface area contributed by atoms with E-state index in [2.05, 4.69) is 10.6 Å². The van der Waals surface area contributed by atoms with Gasteiger partial charge in [-0.15, -0.1) is 0 Å². The first-order valence-electron chi connectivity index (χ1n) is 6.53. The van der Waals surface area contributed by atoms with E-state index in [1.165, 1.54) is 12.8 Å². The van der Waals surface area contributed by atoms with Gasteiger partial charge in [0.1, 0.15) is 0 Å². The van der Waals surface area contributed by atoms with Crippen molar-refractivity contribution >= 4 is 28.9 Å². The molecule has 0 atom stereocenters. The molecule has 0 unspecified atom stereocenters. The molecule has 1 aliphatic rings. The molecule has 0 spiro atoms. The Bertz CT molecular complexity index is 458. The van der Waals surface area contributed by atoms with Crippen LogP contribution >= 0.6 is 11.6 Å². The van der Waals surface area contributed by atoms with Crippen molar-refractivity contribution in [1.82, 2.24) is 5.32 Å². The molecule has 5 heteroatoms. The number of hydrogen-bond donors (Lipinski definition) is 2. The summed E-state index contributed by atoms with van der Waals surface area (Å²) in [6.45, 7) is 1.29. The maximum atomic E-state index is 11.7. The van der Waals surface area contributed by atoms with Crippen molar-refractivity contribution in [2.75, 3.05) is 37.4 Å². The van der Waals surface area contributed by atoms with Gasteiger partial charge in [0, 0.05) is 19.8 Å². The van der Waals surface area contributed by atoms with Crippen LogP contribution in [-0.2, 0) is 4.79 Å². The lowest BCUT2D eigenvalue weighted by atomic mass is 10.2. The van der Waals surface area contributed by atoms with Crippen LogP contribution in [-0.4, -0.2) is 33.1 Å². The Morgan fingerprint density at radius 1 is 1.42 bits per heavy atom. The summed E-state index contributed by atoms with van der Waals surface area (Å²) in [5.41, 5.74) is 1.67. The first-order chi connectivity index (χ1) is 9.06. The molecule has 1 aromatic carbocycles. The summed E-state index contributed by atoms with van der Waals surface area (Å²) < 4.78 is 0. The molecule has 2 rings (SSSR count). The maximum absolute atomic E-state index is 11.7. The lowest BCUT2D eigenvalue weighted by Gasteiger charge is -2.15. The molecule has 1 amide bonds. The number of amides is 1. The summed E-state index contributed by atoms with van der Waals surface area (Å²) in [5, 5.41) is 6.63. The molecule has 19 heavy (non-hydrogen) atoms. The summed E-state index contributed by atoms with van der Waals surface area (Å²) >= 11 is 6.15. The summed E-state index contributed by atoms with van der Waals surface area (Å²) in [7, 11) is 3.86. The van der Waals surface area contributed by atoms with Crippen molar-refractivity contribution in [2.45, 2.75) is 12.8 Å². The Hall–Kier alpha value is -1.26. The monoisotopic (exact) mass is 281 g/mol. The number of nitrogens with zero attached hydrogens (tertiary/aromatic N) is 1. The van der Waals surface area contributed by atoms with Gasteiger partial charge in [0.2, 0.25) is 5.91 Å². The van der Waals surface area contributed by atoms with Crippen LogP contribution in [0, 0.1) is 5.92 Å². The van der Waals surface area contributed by atoms with Gasteiger partial charge in [-0.2, -0.15) is 0 Å². The fourth-order valence-electron chi connectivity index (χ4n) is 1.86. The van der Waals surface area contributed by atoms with Crippen LogP contribution in [0.3, 0.4) is 0 Å². The highest BCUT2D eigenvalue weighted by molar-refractivity contribution is 6.33. The normalized spacial score (nSPS) is 14.3. The number of benzene rings is 1. The Kier molecular flexibility index (Phi) is 4.66. The van der Waals surface area contributed by atoms with Crippen molar-refractivity contribution < 1.29 is 4.79 Å². The van der Waals surface area contributed by atoms with Crippen LogP contribution in [0.15, 0.2) is 18.2 Å². The first-order valence-corrected chi connectivity index (χ1v) is 6.91. The van der Waals surface area contributed by atoms with Crippen LogP contribution in [0.4, 0.5) is 11.4 Å². The highest BCUT2D eigenvalue weighted by atomic mass is 35.5. The second kappa shape index (κ2) is 6.26. The summed E-state index contributed by atoms with van der Waals surface area (Å²) in [6, 6.07) is 5.53. The number of carbonyl (C=O) groups excluding carboxylic acids is 1. The summed E-state index contributed by atoms with van der Waals surface area (Å²) in [6.07, 6.45) is 2.58. The molecule has 0 radical (unpaired) electrons. The number of nitrogens with one attached hydrogen (secondary N) is 2. The molecule has 0 saturated heterocycles. The van der Waals surface area contributed by atoms with E-state index in [0.717, 1.165) is 23.8 Å². The zero-order valence-corrected chi connectivity index (χ0v) is 12.1. The van der Waals surface area contributed by atoms with Gasteiger partial charge in [-0.3, -0.25) is 4.79 Å². The molecule has 0 aromatic heterocycles. The van der Waals surface area contributed by atoms with Crippen molar-refractivity contribution in [3.05, 3.63) is 23.2 Å². The standard InChI is InChI=1S/C14H20ClN3O/c1-18(2)13-6-5-11(7-12(13)15)17-14(19)9-16-8-10-3-4-10/h5-7,10,16H,3-4,8-9H2,1-2H3,(H,17,19). The molecular weight excluding hydrogens is 262 g/mol. The van der Waals surface area contributed by atoms with E-state index in [1.54, 1.807) is 6.07 Å². The minimum absolute atomic E-state index is 0.0330. The molecule has 1 fully saturated rings. The van der Waals surface area contributed by atoms with Crippen LogP contribution < -0.4 is 15.5 Å². The Morgan fingerprint density at radius 2 is 2.16 bits per heavy atom. The fraction of sp³-hybridized carbons (Fsp3) is 0.500. The van der Waals surface area contributed by atoms with Gasteiger partial charge in [-0.05, 0) is 43.5 Å². The minimum Gasteiger partial charge on any atom is -0.376 e. The van der Waals surface area contributed by atoms with Gasteiger partial charge >= 0.3 is 0 Å². The van der Waals surface area contributed by atoms with Crippen LogP contribution in [0.25, 0.3) is 0 Å². The second-order valence-corrected chi connectivity index (χ2v) is 5.59. The SMILES string of the molecule is CN(C)c1ccc(NC(=O)CNCC2CC2)cc1Cl. The molecule has 1 aromatic rings. The third-order valence-electron chi connectivity index (χ3n) is 3.13. The smallest absolute Gasteiger partial charge is 0.238 e. The molecule has 0 bridgehead atoms. The van der Waals surface area contributed by atoms with Crippen molar-refractivity contribution in [1.29, 1.82) is 0 Å². The quantitative estimate of drug-likeness (QED) is 0.841. The topological polar surface area (TPSA) is 44.4 Å². The zero-order valence-electron chi connectivity index (χ0n) is 11.4. The van der Waals surface area contributed by atoms with E-state index in [0.29, 0.717) is 11.6 Å². The lowest BCUT2D eigenvalue weighted by molar-refractivity contribution is -0.115. The lowest BCUT2D eigenvalue weighted by Crippen LogP contribution is -2.29. The average Bonchev–Trinajstić information content (AvgIpc) is 3.12. The molecule has 1 saturated carbocycles. The van der Waals surface area contributed by atoms with Gasteiger partial charge in [-0.1, -0.05) is 11.6 Å². The number of carbonyl (C=O) groups is 1. The van der Waals surface area contributed by atoms with Crippen LogP contribution in [0.2, 0.25) is 5.02 Å². The predicted molar refractivity (Wildman–Crippen MR) is 80.0 cm³/mol. The molecule has 0 heterocycles. The molecule has 2 N–H and O–H groups in total. The minimum atomic E-state index is -0.0330. The van der Waals surface area contributed by atoms with E-state index in [4.69, 9.17) is 11.6 Å². The number of hydrogen-bond acceptors (Lipinski definition) is 3. The highest BCUT2D eigenvalue weighted by Gasteiger charge is 2.20. The largest absolute Gasteiger partial charge is 0.376 e. The van der Waals surface area contributed by atoms with Gasteiger partial charge in [0.05, 0.1) is 17.3 Å². The average molecular weight is 282 g/mol. The summed E-state index contributed by atoms with van der Waals surface area (Å²) in [4.78, 5) is 13.7. The van der Waals surface area contributed by atoms with Crippen LogP contribution in [0.1, 0.15) is 12.8 Å². The molecule has 4 nitrogen and oxygen atoms in total. The third kappa shape index (κ3) is 4.40. The summed E-state index contributed by atoms with van der Waals surface area (Å²) in [5.74, 6) is 0.746. The Morgan fingerprint density at radius 3 is 2.74 bits per heavy atom. The van der Waals surface area contributed by atoms with E-state index in [1.807, 2.05) is 31.1 Å². The van der Waals surface area contributed by atoms with Gasteiger partial charge in [0.25, 0.3) is 0 Å². The number of anilines is 2. The predicted octanol–water partition coefficient (Wildman–Crippen LogP) is 2.34. The third-order valence-corrected chi connectivity index (χ3v) is 3.43. The van der Waals surface area contributed by atoms with Gasteiger partial charge in [0.15, 0.2) is 0 Å². The fourth-order valence-corrected chi connectivity index (χ4v) is 2.21. The Labute approximate surface area is 119 Å². The van der Waals surface area contributed by atoms with Crippen molar-refractivity contribution in [3.63, 3.8) is 0 Å². The molecular formula is C14H20ClN3O. The van der Waals surface area contributed by atoms with E-state index in [-0.39, 0.29) is 5.91 Å². The van der Waals surface area contributed by atoms with Gasteiger partial charge < -0.3 is 15.5 Å². The Balaban J connectivity index is 1.83.